The van der Waals surface area contributed by atoms with Crippen LogP contribution in [0.4, 0.5) is 0 Å². The molecule has 1 aromatic heterocycles. The van der Waals surface area contributed by atoms with Crippen LogP contribution in [-0.4, -0.2) is 42.3 Å². The molecule has 0 spiro atoms. The second-order valence-corrected chi connectivity index (χ2v) is 4.70. The van der Waals surface area contributed by atoms with Crippen LogP contribution in [0, 0.1) is 0 Å². The van der Waals surface area contributed by atoms with Crippen molar-refractivity contribution in [2.45, 2.75) is 13.0 Å². The Morgan fingerprint density at radius 3 is 2.68 bits per heavy atom. The first-order valence-corrected chi connectivity index (χ1v) is 6.49. The number of rotatable bonds is 7. The highest BCUT2D eigenvalue weighted by Crippen LogP contribution is 2.16. The Hall–Kier alpha value is -1.72. The molecule has 0 saturated carbocycles. The average Bonchev–Trinajstić information content (AvgIpc) is 2.88. The van der Waals surface area contributed by atoms with Gasteiger partial charge in [-0.15, -0.1) is 10.2 Å². The molecule has 1 aromatic carbocycles. The molecule has 0 aliphatic rings. The molecule has 1 heterocycles. The topological polar surface area (TPSA) is 54.2 Å². The van der Waals surface area contributed by atoms with Crippen molar-refractivity contribution in [3.8, 4) is 11.5 Å². The minimum Gasteiger partial charge on any atom is -0.419 e. The minimum atomic E-state index is 0.575. The van der Waals surface area contributed by atoms with E-state index in [-0.39, 0.29) is 0 Å². The minimum absolute atomic E-state index is 0.575. The van der Waals surface area contributed by atoms with E-state index in [1.807, 2.05) is 30.3 Å². The fraction of sp³-hybridized carbons (Fsp3) is 0.429. The molecule has 0 unspecified atom stereocenters. The van der Waals surface area contributed by atoms with E-state index in [0.29, 0.717) is 18.3 Å². The van der Waals surface area contributed by atoms with Gasteiger partial charge in [-0.3, -0.25) is 0 Å². The van der Waals surface area contributed by atoms with Gasteiger partial charge in [0.05, 0.1) is 6.54 Å². The average molecular weight is 260 g/mol. The molecule has 19 heavy (non-hydrogen) atoms. The van der Waals surface area contributed by atoms with E-state index in [4.69, 9.17) is 4.42 Å². The van der Waals surface area contributed by atoms with Gasteiger partial charge >= 0.3 is 0 Å². The second kappa shape index (κ2) is 7.01. The van der Waals surface area contributed by atoms with E-state index in [1.165, 1.54) is 0 Å². The van der Waals surface area contributed by atoms with Crippen molar-refractivity contribution < 1.29 is 4.42 Å². The maximum absolute atomic E-state index is 5.60. The lowest BCUT2D eigenvalue weighted by Gasteiger charge is -2.08. The summed E-state index contributed by atoms with van der Waals surface area (Å²) in [5.74, 6) is 1.20. The zero-order valence-corrected chi connectivity index (χ0v) is 11.5. The number of aromatic nitrogens is 2. The number of benzene rings is 1. The van der Waals surface area contributed by atoms with E-state index < -0.39 is 0 Å². The largest absolute Gasteiger partial charge is 0.419 e. The summed E-state index contributed by atoms with van der Waals surface area (Å²) in [5, 5.41) is 11.4. The van der Waals surface area contributed by atoms with Crippen molar-refractivity contribution >= 4 is 0 Å². The summed E-state index contributed by atoms with van der Waals surface area (Å²) in [5.41, 5.74) is 0.953. The normalized spacial score (nSPS) is 11.1. The second-order valence-electron chi connectivity index (χ2n) is 4.70. The van der Waals surface area contributed by atoms with Crippen LogP contribution in [0.2, 0.25) is 0 Å². The van der Waals surface area contributed by atoms with Gasteiger partial charge in [0.1, 0.15) is 0 Å². The SMILES string of the molecule is CN(C)CCCNCc1nnc(-c2ccccc2)o1. The third kappa shape index (κ3) is 4.46. The molecule has 0 aliphatic heterocycles. The molecule has 0 atom stereocenters. The number of nitrogens with one attached hydrogen (secondary N) is 1. The van der Waals surface area contributed by atoms with Crippen molar-refractivity contribution in [2.24, 2.45) is 0 Å². The lowest BCUT2D eigenvalue weighted by molar-refractivity contribution is 0.390. The maximum atomic E-state index is 5.60. The predicted molar refractivity (Wildman–Crippen MR) is 74.6 cm³/mol. The van der Waals surface area contributed by atoms with Gasteiger partial charge < -0.3 is 14.6 Å². The van der Waals surface area contributed by atoms with Gasteiger partial charge in [0.15, 0.2) is 0 Å². The molecule has 0 amide bonds. The molecule has 0 aliphatic carbocycles. The Kier molecular flexibility index (Phi) is 5.06. The van der Waals surface area contributed by atoms with E-state index in [0.717, 1.165) is 25.1 Å². The molecular weight excluding hydrogens is 240 g/mol. The number of hydrogen-bond acceptors (Lipinski definition) is 5. The van der Waals surface area contributed by atoms with Crippen molar-refractivity contribution in [1.82, 2.24) is 20.4 Å². The Morgan fingerprint density at radius 1 is 1.16 bits per heavy atom. The molecular formula is C14H20N4O. The van der Waals surface area contributed by atoms with Crippen LogP contribution in [0.3, 0.4) is 0 Å². The first-order valence-electron chi connectivity index (χ1n) is 6.49. The van der Waals surface area contributed by atoms with Crippen LogP contribution in [0.1, 0.15) is 12.3 Å². The third-order valence-electron chi connectivity index (χ3n) is 2.72. The van der Waals surface area contributed by atoms with Gasteiger partial charge in [-0.05, 0) is 45.7 Å². The first kappa shape index (κ1) is 13.7. The standard InChI is InChI=1S/C14H20N4O/c1-18(2)10-6-9-15-11-13-16-17-14(19-13)12-7-4-3-5-8-12/h3-5,7-8,15H,6,9-11H2,1-2H3. The van der Waals surface area contributed by atoms with Gasteiger partial charge in [0.2, 0.25) is 11.8 Å². The van der Waals surface area contributed by atoms with Crippen LogP contribution >= 0.6 is 0 Å². The highest BCUT2D eigenvalue weighted by atomic mass is 16.4. The predicted octanol–water partition coefficient (Wildman–Crippen LogP) is 1.78. The molecule has 0 fully saturated rings. The van der Waals surface area contributed by atoms with Gasteiger partial charge in [0.25, 0.3) is 0 Å². The molecule has 1 N–H and O–H groups in total. The Balaban J connectivity index is 1.78. The number of hydrogen-bond donors (Lipinski definition) is 1. The van der Waals surface area contributed by atoms with Crippen LogP contribution in [-0.2, 0) is 6.54 Å². The monoisotopic (exact) mass is 260 g/mol. The maximum Gasteiger partial charge on any atom is 0.247 e. The highest BCUT2D eigenvalue weighted by molar-refractivity contribution is 5.51. The summed E-state index contributed by atoms with van der Waals surface area (Å²) in [6.07, 6.45) is 1.10. The summed E-state index contributed by atoms with van der Waals surface area (Å²) in [7, 11) is 4.15. The zero-order valence-electron chi connectivity index (χ0n) is 11.5. The Morgan fingerprint density at radius 2 is 1.95 bits per heavy atom. The van der Waals surface area contributed by atoms with Gasteiger partial charge in [-0.2, -0.15) is 0 Å². The molecule has 2 rings (SSSR count). The van der Waals surface area contributed by atoms with Crippen LogP contribution in [0.15, 0.2) is 34.7 Å². The first-order chi connectivity index (χ1) is 9.25. The Bertz CT molecular complexity index is 481. The van der Waals surface area contributed by atoms with Gasteiger partial charge in [-0.25, -0.2) is 0 Å². The molecule has 0 saturated heterocycles. The molecule has 2 aromatic rings. The summed E-state index contributed by atoms with van der Waals surface area (Å²) in [4.78, 5) is 2.17. The zero-order chi connectivity index (χ0) is 13.5. The molecule has 102 valence electrons. The summed E-state index contributed by atoms with van der Waals surface area (Å²) < 4.78 is 5.60. The lowest BCUT2D eigenvalue weighted by atomic mass is 10.2. The van der Waals surface area contributed by atoms with Crippen LogP contribution in [0.5, 0.6) is 0 Å². The molecule has 0 radical (unpaired) electrons. The van der Waals surface area contributed by atoms with Gasteiger partial charge in [0, 0.05) is 5.56 Å². The van der Waals surface area contributed by atoms with Crippen molar-refractivity contribution in [2.75, 3.05) is 27.2 Å². The summed E-state index contributed by atoms with van der Waals surface area (Å²) in [6.45, 7) is 2.64. The van der Waals surface area contributed by atoms with Crippen LogP contribution in [0.25, 0.3) is 11.5 Å². The number of nitrogens with zero attached hydrogens (tertiary/aromatic N) is 3. The molecule has 0 bridgehead atoms. The quantitative estimate of drug-likeness (QED) is 0.769. The smallest absolute Gasteiger partial charge is 0.247 e. The molecule has 5 heteroatoms. The van der Waals surface area contributed by atoms with Crippen LogP contribution < -0.4 is 5.32 Å². The Labute approximate surface area is 113 Å². The summed E-state index contributed by atoms with van der Waals surface area (Å²) in [6, 6.07) is 9.80. The van der Waals surface area contributed by atoms with E-state index in [2.05, 4.69) is 34.5 Å². The van der Waals surface area contributed by atoms with E-state index in [9.17, 15) is 0 Å². The highest BCUT2D eigenvalue weighted by Gasteiger charge is 2.07. The van der Waals surface area contributed by atoms with Crippen molar-refractivity contribution in [1.29, 1.82) is 0 Å². The van der Waals surface area contributed by atoms with Crippen molar-refractivity contribution in [3.05, 3.63) is 36.2 Å². The lowest BCUT2D eigenvalue weighted by Crippen LogP contribution is -2.21. The van der Waals surface area contributed by atoms with E-state index >= 15 is 0 Å². The van der Waals surface area contributed by atoms with Gasteiger partial charge in [-0.1, -0.05) is 18.2 Å². The molecule has 5 nitrogen and oxygen atoms in total. The van der Waals surface area contributed by atoms with E-state index in [1.54, 1.807) is 0 Å². The van der Waals surface area contributed by atoms with Crippen molar-refractivity contribution in [3.63, 3.8) is 0 Å². The third-order valence-corrected chi connectivity index (χ3v) is 2.72. The fourth-order valence-electron chi connectivity index (χ4n) is 1.74. The summed E-state index contributed by atoms with van der Waals surface area (Å²) >= 11 is 0. The fourth-order valence-corrected chi connectivity index (χ4v) is 1.74.